The number of hydrogen-bond donors (Lipinski definition) is 0. The van der Waals surface area contributed by atoms with Crippen molar-refractivity contribution in [2.75, 3.05) is 4.90 Å². The van der Waals surface area contributed by atoms with E-state index in [2.05, 4.69) is 4.98 Å². The minimum absolute atomic E-state index is 0.0796. The molecule has 1 atom stereocenters. The molecule has 4 rings (SSSR count). The van der Waals surface area contributed by atoms with Crippen LogP contribution in [0.4, 0.5) is 5.69 Å². The van der Waals surface area contributed by atoms with Crippen molar-refractivity contribution in [3.8, 4) is 17.0 Å². The summed E-state index contributed by atoms with van der Waals surface area (Å²) in [4.78, 5) is 19.1. The van der Waals surface area contributed by atoms with Crippen LogP contribution in [0.25, 0.3) is 11.3 Å². The van der Waals surface area contributed by atoms with Crippen LogP contribution in [0.3, 0.4) is 0 Å². The van der Waals surface area contributed by atoms with E-state index in [1.807, 2.05) is 54.8 Å². The van der Waals surface area contributed by atoms with Gasteiger partial charge < -0.3 is 9.64 Å². The number of fused-ring (bicyclic) bond motifs is 1. The number of thiazole rings is 1. The maximum atomic E-state index is 12.8. The van der Waals surface area contributed by atoms with E-state index in [0.29, 0.717) is 17.3 Å². The molecule has 0 radical (unpaired) electrons. The Morgan fingerprint density at radius 3 is 2.81 bits per heavy atom. The maximum absolute atomic E-state index is 12.8. The molecule has 2 aromatic carbocycles. The topological polar surface area (TPSA) is 42.4 Å². The Balaban J connectivity index is 1.77. The number of aryl methyl sites for hydroxylation is 1. The number of nitrogens with zero attached hydrogens (tertiary/aromatic N) is 2. The molecule has 132 valence electrons. The van der Waals surface area contributed by atoms with E-state index in [1.165, 1.54) is 0 Å². The van der Waals surface area contributed by atoms with Gasteiger partial charge in [0.25, 0.3) is 5.91 Å². The number of aromatic nitrogens is 1. The van der Waals surface area contributed by atoms with E-state index < -0.39 is 6.10 Å². The lowest BCUT2D eigenvalue weighted by molar-refractivity contribution is -0.125. The lowest BCUT2D eigenvalue weighted by Crippen LogP contribution is -2.44. The molecule has 1 aliphatic rings. The summed E-state index contributed by atoms with van der Waals surface area (Å²) in [5, 5.41) is 3.67. The number of halogens is 1. The first kappa shape index (κ1) is 17.1. The highest BCUT2D eigenvalue weighted by Crippen LogP contribution is 2.39. The third kappa shape index (κ3) is 3.08. The summed E-state index contributed by atoms with van der Waals surface area (Å²) in [6, 6.07) is 13.4. The van der Waals surface area contributed by atoms with Gasteiger partial charge in [-0.25, -0.2) is 4.98 Å². The molecule has 4 nitrogen and oxygen atoms in total. The summed E-state index contributed by atoms with van der Waals surface area (Å²) in [7, 11) is 0. The molecule has 1 amide bonds. The molecule has 0 bridgehead atoms. The number of ether oxygens (including phenoxy) is 1. The molecule has 0 aliphatic carbocycles. The number of hydrogen-bond acceptors (Lipinski definition) is 4. The quantitative estimate of drug-likeness (QED) is 0.632. The SMILES string of the molecule is Cc1nc(-c2ccc3c(c2)N(Cc2ccccc2Cl)C(=O)C(C)O3)cs1. The van der Waals surface area contributed by atoms with E-state index in [1.54, 1.807) is 23.2 Å². The van der Waals surface area contributed by atoms with E-state index in [-0.39, 0.29) is 5.91 Å². The Hall–Kier alpha value is -2.37. The molecule has 0 N–H and O–H groups in total. The van der Waals surface area contributed by atoms with Crippen LogP contribution in [-0.2, 0) is 11.3 Å². The van der Waals surface area contributed by atoms with Crippen molar-refractivity contribution < 1.29 is 9.53 Å². The Bertz CT molecular complexity index is 985. The highest BCUT2D eigenvalue weighted by atomic mass is 35.5. The van der Waals surface area contributed by atoms with Crippen molar-refractivity contribution in [3.63, 3.8) is 0 Å². The molecule has 6 heteroatoms. The predicted molar refractivity (Wildman–Crippen MR) is 105 cm³/mol. The Morgan fingerprint density at radius 2 is 2.08 bits per heavy atom. The van der Waals surface area contributed by atoms with Crippen molar-refractivity contribution in [2.45, 2.75) is 26.5 Å². The fourth-order valence-electron chi connectivity index (χ4n) is 3.02. The van der Waals surface area contributed by atoms with E-state index in [0.717, 1.165) is 27.5 Å². The van der Waals surface area contributed by atoms with Gasteiger partial charge in [-0.3, -0.25) is 4.79 Å². The maximum Gasteiger partial charge on any atom is 0.268 e. The zero-order valence-corrected chi connectivity index (χ0v) is 16.0. The summed E-state index contributed by atoms with van der Waals surface area (Å²) in [5.74, 6) is 0.615. The number of carbonyl (C=O) groups excluding carboxylic acids is 1. The second-order valence-corrected chi connectivity index (χ2v) is 7.68. The van der Waals surface area contributed by atoms with Crippen molar-refractivity contribution in [2.24, 2.45) is 0 Å². The Labute approximate surface area is 161 Å². The third-order valence-electron chi connectivity index (χ3n) is 4.37. The highest BCUT2D eigenvalue weighted by Gasteiger charge is 2.32. The van der Waals surface area contributed by atoms with Gasteiger partial charge in [-0.05, 0) is 43.7 Å². The van der Waals surface area contributed by atoms with Gasteiger partial charge in [0, 0.05) is 16.0 Å². The van der Waals surface area contributed by atoms with Crippen LogP contribution in [0, 0.1) is 6.92 Å². The van der Waals surface area contributed by atoms with E-state index in [9.17, 15) is 4.79 Å². The van der Waals surface area contributed by atoms with Crippen molar-refractivity contribution in [1.82, 2.24) is 4.98 Å². The number of benzene rings is 2. The first-order valence-corrected chi connectivity index (χ1v) is 9.56. The Morgan fingerprint density at radius 1 is 1.27 bits per heavy atom. The minimum Gasteiger partial charge on any atom is -0.479 e. The van der Waals surface area contributed by atoms with Gasteiger partial charge in [-0.2, -0.15) is 0 Å². The van der Waals surface area contributed by atoms with Gasteiger partial charge >= 0.3 is 0 Å². The number of anilines is 1. The number of rotatable bonds is 3. The smallest absolute Gasteiger partial charge is 0.268 e. The van der Waals surface area contributed by atoms with Crippen molar-refractivity contribution >= 4 is 34.5 Å². The molecule has 0 spiro atoms. The standard InChI is InChI=1S/C20H17ClN2O2S/c1-12-20(24)23(10-15-5-3-4-6-16(15)21)18-9-14(7-8-19(18)25-12)17-11-26-13(2)22-17/h3-9,11-12H,10H2,1-2H3. The normalized spacial score (nSPS) is 16.3. The second kappa shape index (κ2) is 6.74. The van der Waals surface area contributed by atoms with Crippen LogP contribution >= 0.6 is 22.9 Å². The average Bonchev–Trinajstić information content (AvgIpc) is 3.06. The second-order valence-electron chi connectivity index (χ2n) is 6.21. The summed E-state index contributed by atoms with van der Waals surface area (Å²) in [6.45, 7) is 4.14. The van der Waals surface area contributed by atoms with Gasteiger partial charge in [-0.1, -0.05) is 29.8 Å². The molecular formula is C20H17ClN2O2S. The molecular weight excluding hydrogens is 368 g/mol. The molecule has 0 fully saturated rings. The first-order chi connectivity index (χ1) is 12.5. The fraction of sp³-hybridized carbons (Fsp3) is 0.200. The summed E-state index contributed by atoms with van der Waals surface area (Å²) >= 11 is 7.91. The molecule has 2 heterocycles. The molecule has 3 aromatic rings. The summed E-state index contributed by atoms with van der Waals surface area (Å²) in [6.07, 6.45) is -0.530. The summed E-state index contributed by atoms with van der Waals surface area (Å²) < 4.78 is 5.80. The van der Waals surface area contributed by atoms with Gasteiger partial charge in [0.15, 0.2) is 6.10 Å². The Kier molecular flexibility index (Phi) is 4.42. The van der Waals surface area contributed by atoms with Gasteiger partial charge in [0.1, 0.15) is 5.75 Å². The van der Waals surface area contributed by atoms with Crippen LogP contribution in [0.1, 0.15) is 17.5 Å². The van der Waals surface area contributed by atoms with Crippen LogP contribution in [0.5, 0.6) is 5.75 Å². The van der Waals surface area contributed by atoms with Crippen LogP contribution in [0.15, 0.2) is 47.8 Å². The predicted octanol–water partition coefficient (Wildman–Crippen LogP) is 5.09. The van der Waals surface area contributed by atoms with Gasteiger partial charge in [0.2, 0.25) is 0 Å². The van der Waals surface area contributed by atoms with E-state index >= 15 is 0 Å². The lowest BCUT2D eigenvalue weighted by atomic mass is 10.1. The molecule has 26 heavy (non-hydrogen) atoms. The van der Waals surface area contributed by atoms with E-state index in [4.69, 9.17) is 16.3 Å². The van der Waals surface area contributed by atoms with Gasteiger partial charge in [0.05, 0.1) is 22.9 Å². The molecule has 0 saturated heterocycles. The van der Waals surface area contributed by atoms with Crippen molar-refractivity contribution in [3.05, 3.63) is 63.4 Å². The molecule has 1 aromatic heterocycles. The first-order valence-electron chi connectivity index (χ1n) is 8.31. The molecule has 1 unspecified atom stereocenters. The van der Waals surface area contributed by atoms with Crippen molar-refractivity contribution in [1.29, 1.82) is 0 Å². The highest BCUT2D eigenvalue weighted by molar-refractivity contribution is 7.09. The third-order valence-corrected chi connectivity index (χ3v) is 5.51. The van der Waals surface area contributed by atoms with Crippen LogP contribution in [-0.4, -0.2) is 17.0 Å². The largest absolute Gasteiger partial charge is 0.479 e. The minimum atomic E-state index is -0.530. The molecule has 0 saturated carbocycles. The number of carbonyl (C=O) groups is 1. The van der Waals surface area contributed by atoms with Crippen LogP contribution < -0.4 is 9.64 Å². The zero-order chi connectivity index (χ0) is 18.3. The zero-order valence-electron chi connectivity index (χ0n) is 14.4. The summed E-state index contributed by atoms with van der Waals surface area (Å²) in [5.41, 5.74) is 3.51. The van der Waals surface area contributed by atoms with Gasteiger partial charge in [-0.15, -0.1) is 11.3 Å². The number of amides is 1. The molecule has 1 aliphatic heterocycles. The lowest BCUT2D eigenvalue weighted by Gasteiger charge is -2.33. The fourth-order valence-corrected chi connectivity index (χ4v) is 3.84. The van der Waals surface area contributed by atoms with Crippen LogP contribution in [0.2, 0.25) is 5.02 Å². The average molecular weight is 385 g/mol. The monoisotopic (exact) mass is 384 g/mol.